The second kappa shape index (κ2) is 8.74. The number of benzene rings is 2. The molecule has 114 valence electrons. The lowest BCUT2D eigenvalue weighted by atomic mass is 9.96. The van der Waals surface area contributed by atoms with E-state index in [-0.39, 0.29) is 5.92 Å². The quantitative estimate of drug-likeness (QED) is 0.671. The number of nitrogens with zero attached hydrogens (tertiary/aromatic N) is 1. The van der Waals surface area contributed by atoms with E-state index in [0.717, 1.165) is 29.9 Å². The van der Waals surface area contributed by atoms with Crippen molar-refractivity contribution in [3.8, 4) is 17.6 Å². The Balaban J connectivity index is 1.79. The minimum Gasteiger partial charge on any atom is -0.494 e. The molecule has 3 heteroatoms. The molecular formula is C19H21NO2. The van der Waals surface area contributed by atoms with E-state index in [9.17, 15) is 5.26 Å². The van der Waals surface area contributed by atoms with Crippen molar-refractivity contribution in [1.29, 1.82) is 5.26 Å². The molecule has 2 rings (SSSR count). The molecule has 0 aliphatic heterocycles. The Morgan fingerprint density at radius 3 is 2.41 bits per heavy atom. The number of hydrogen-bond acceptors (Lipinski definition) is 3. The summed E-state index contributed by atoms with van der Waals surface area (Å²) in [5, 5.41) is 9.28. The summed E-state index contributed by atoms with van der Waals surface area (Å²) < 4.78 is 11.2. The molecule has 0 saturated heterocycles. The Bertz CT molecular complexity index is 604. The van der Waals surface area contributed by atoms with Crippen LogP contribution in [0, 0.1) is 11.3 Å². The molecule has 22 heavy (non-hydrogen) atoms. The van der Waals surface area contributed by atoms with E-state index in [1.54, 1.807) is 0 Å². The van der Waals surface area contributed by atoms with Crippen LogP contribution in [0.15, 0.2) is 54.6 Å². The first-order chi connectivity index (χ1) is 10.8. The smallest absolute Gasteiger partial charge is 0.122 e. The second-order valence-corrected chi connectivity index (χ2v) is 4.99. The summed E-state index contributed by atoms with van der Waals surface area (Å²) in [5.74, 6) is 1.55. The molecule has 3 nitrogen and oxygen atoms in total. The summed E-state index contributed by atoms with van der Waals surface area (Å²) in [7, 11) is 0. The van der Waals surface area contributed by atoms with E-state index >= 15 is 0 Å². The van der Waals surface area contributed by atoms with Crippen LogP contribution in [0.4, 0.5) is 0 Å². The van der Waals surface area contributed by atoms with Gasteiger partial charge in [-0.15, -0.1) is 0 Å². The molecule has 0 amide bonds. The number of rotatable bonds is 8. The van der Waals surface area contributed by atoms with Crippen LogP contribution < -0.4 is 9.47 Å². The number of nitriles is 1. The predicted molar refractivity (Wildman–Crippen MR) is 87.1 cm³/mol. The fourth-order valence-electron chi connectivity index (χ4n) is 2.29. The summed E-state index contributed by atoms with van der Waals surface area (Å²) in [4.78, 5) is 0. The van der Waals surface area contributed by atoms with Crippen LogP contribution in [0.5, 0.6) is 11.5 Å². The molecule has 0 fully saturated rings. The molecule has 0 heterocycles. The van der Waals surface area contributed by atoms with Crippen LogP contribution in [-0.4, -0.2) is 13.2 Å². The van der Waals surface area contributed by atoms with Crippen molar-refractivity contribution >= 4 is 0 Å². The van der Waals surface area contributed by atoms with Crippen LogP contribution in [0.25, 0.3) is 0 Å². The van der Waals surface area contributed by atoms with E-state index in [0.29, 0.717) is 13.2 Å². The molecule has 0 bridgehead atoms. The highest BCUT2D eigenvalue weighted by atomic mass is 16.5. The molecule has 1 atom stereocenters. The van der Waals surface area contributed by atoms with Crippen LogP contribution in [0.2, 0.25) is 0 Å². The SMILES string of the molecule is CCOc1cccc(OCCCC(C#N)c2ccccc2)c1. The van der Waals surface area contributed by atoms with Crippen molar-refractivity contribution in [3.05, 3.63) is 60.2 Å². The first kappa shape index (κ1) is 15.9. The van der Waals surface area contributed by atoms with Gasteiger partial charge in [0.15, 0.2) is 0 Å². The highest BCUT2D eigenvalue weighted by Gasteiger charge is 2.09. The third-order valence-corrected chi connectivity index (χ3v) is 3.38. The summed E-state index contributed by atoms with van der Waals surface area (Å²) in [6, 6.07) is 19.9. The average Bonchev–Trinajstić information content (AvgIpc) is 2.56. The third kappa shape index (κ3) is 4.82. The van der Waals surface area contributed by atoms with E-state index in [1.165, 1.54) is 0 Å². The Morgan fingerprint density at radius 1 is 1.00 bits per heavy atom. The van der Waals surface area contributed by atoms with Gasteiger partial charge in [-0.1, -0.05) is 36.4 Å². The molecule has 0 N–H and O–H groups in total. The maximum absolute atomic E-state index is 9.28. The maximum Gasteiger partial charge on any atom is 0.122 e. The molecule has 0 aromatic heterocycles. The zero-order valence-corrected chi connectivity index (χ0v) is 12.9. The van der Waals surface area contributed by atoms with Crippen LogP contribution >= 0.6 is 0 Å². The maximum atomic E-state index is 9.28. The Kier molecular flexibility index (Phi) is 6.32. The molecule has 0 spiro atoms. The fraction of sp³-hybridized carbons (Fsp3) is 0.316. The van der Waals surface area contributed by atoms with E-state index in [2.05, 4.69) is 6.07 Å². The summed E-state index contributed by atoms with van der Waals surface area (Å²) in [6.07, 6.45) is 1.64. The highest BCUT2D eigenvalue weighted by Crippen LogP contribution is 2.22. The van der Waals surface area contributed by atoms with Gasteiger partial charge in [-0.3, -0.25) is 0 Å². The number of ether oxygens (including phenoxy) is 2. The molecule has 2 aromatic carbocycles. The van der Waals surface area contributed by atoms with Gasteiger partial charge in [-0.05, 0) is 37.5 Å². The lowest BCUT2D eigenvalue weighted by molar-refractivity contribution is 0.299. The van der Waals surface area contributed by atoms with Gasteiger partial charge in [0.1, 0.15) is 11.5 Å². The topological polar surface area (TPSA) is 42.2 Å². The van der Waals surface area contributed by atoms with Gasteiger partial charge in [0.05, 0.1) is 25.2 Å². The Hall–Kier alpha value is -2.47. The monoisotopic (exact) mass is 295 g/mol. The van der Waals surface area contributed by atoms with Crippen LogP contribution in [0.3, 0.4) is 0 Å². The zero-order valence-electron chi connectivity index (χ0n) is 12.9. The molecule has 2 aromatic rings. The minimum absolute atomic E-state index is 0.0699. The van der Waals surface area contributed by atoms with Crippen molar-refractivity contribution in [3.63, 3.8) is 0 Å². The molecular weight excluding hydrogens is 274 g/mol. The summed E-state index contributed by atoms with van der Waals surface area (Å²) in [5.41, 5.74) is 1.07. The Morgan fingerprint density at radius 2 is 1.73 bits per heavy atom. The van der Waals surface area contributed by atoms with Crippen molar-refractivity contribution in [1.82, 2.24) is 0 Å². The lowest BCUT2D eigenvalue weighted by Crippen LogP contribution is -2.02. The van der Waals surface area contributed by atoms with Crippen molar-refractivity contribution in [2.24, 2.45) is 0 Å². The van der Waals surface area contributed by atoms with Crippen molar-refractivity contribution < 1.29 is 9.47 Å². The summed E-state index contributed by atoms with van der Waals surface area (Å²) in [6.45, 7) is 3.20. The number of hydrogen-bond donors (Lipinski definition) is 0. The van der Waals surface area contributed by atoms with Crippen LogP contribution in [0.1, 0.15) is 31.2 Å². The van der Waals surface area contributed by atoms with E-state index < -0.39 is 0 Å². The lowest BCUT2D eigenvalue weighted by Gasteiger charge is -2.11. The third-order valence-electron chi connectivity index (χ3n) is 3.38. The average molecular weight is 295 g/mol. The van der Waals surface area contributed by atoms with Crippen molar-refractivity contribution in [2.45, 2.75) is 25.7 Å². The van der Waals surface area contributed by atoms with Gasteiger partial charge in [0.25, 0.3) is 0 Å². The van der Waals surface area contributed by atoms with E-state index in [1.807, 2.05) is 61.5 Å². The van der Waals surface area contributed by atoms with Gasteiger partial charge in [-0.2, -0.15) is 5.26 Å². The van der Waals surface area contributed by atoms with Gasteiger partial charge in [0.2, 0.25) is 0 Å². The Labute approximate surface area is 132 Å². The van der Waals surface area contributed by atoms with Crippen LogP contribution in [-0.2, 0) is 0 Å². The van der Waals surface area contributed by atoms with E-state index in [4.69, 9.17) is 9.47 Å². The normalized spacial score (nSPS) is 11.5. The molecule has 1 unspecified atom stereocenters. The minimum atomic E-state index is -0.0699. The molecule has 0 radical (unpaired) electrons. The standard InChI is InChI=1S/C19H21NO2/c1-2-21-18-11-6-12-19(14-18)22-13-7-10-17(15-20)16-8-4-3-5-9-16/h3-6,8-9,11-12,14,17H,2,7,10,13H2,1H3. The predicted octanol–water partition coefficient (Wildman–Crippen LogP) is 4.55. The van der Waals surface area contributed by atoms with Gasteiger partial charge in [0, 0.05) is 6.07 Å². The second-order valence-electron chi connectivity index (χ2n) is 4.99. The first-order valence-electron chi connectivity index (χ1n) is 7.63. The van der Waals surface area contributed by atoms with Gasteiger partial charge < -0.3 is 9.47 Å². The zero-order chi connectivity index (χ0) is 15.6. The molecule has 0 aliphatic rings. The summed E-state index contributed by atoms with van der Waals surface area (Å²) >= 11 is 0. The highest BCUT2D eigenvalue weighted by molar-refractivity contribution is 5.32. The van der Waals surface area contributed by atoms with Crippen molar-refractivity contribution in [2.75, 3.05) is 13.2 Å². The van der Waals surface area contributed by atoms with Gasteiger partial charge in [-0.25, -0.2) is 0 Å². The largest absolute Gasteiger partial charge is 0.494 e. The molecule has 0 aliphatic carbocycles. The van der Waals surface area contributed by atoms with Gasteiger partial charge >= 0.3 is 0 Å². The first-order valence-corrected chi connectivity index (χ1v) is 7.63. The molecule has 0 saturated carbocycles. The fourth-order valence-corrected chi connectivity index (χ4v) is 2.29.